The number of pyridine rings is 1. The lowest BCUT2D eigenvalue weighted by atomic mass is 9.87. The van der Waals surface area contributed by atoms with Gasteiger partial charge in [-0.15, -0.1) is 0 Å². The van der Waals surface area contributed by atoms with E-state index in [1.807, 2.05) is 17.0 Å². The van der Waals surface area contributed by atoms with E-state index in [0.717, 1.165) is 5.56 Å². The third kappa shape index (κ3) is 3.84. The van der Waals surface area contributed by atoms with Crippen LogP contribution in [0.3, 0.4) is 0 Å². The number of rotatable bonds is 6. The molecule has 1 aromatic carbocycles. The third-order valence-electron chi connectivity index (χ3n) is 5.89. The average molecular weight is 434 g/mol. The molecule has 2 fully saturated rings. The minimum Gasteiger partial charge on any atom is -0.369 e. The maximum absolute atomic E-state index is 13.9. The summed E-state index contributed by atoms with van der Waals surface area (Å²) in [6.07, 6.45) is 3.89. The fraction of sp³-hybridized carbons (Fsp3) is 0.429. The molecule has 160 valence electrons. The van der Waals surface area contributed by atoms with Gasteiger partial charge in [0.2, 0.25) is 10.0 Å². The van der Waals surface area contributed by atoms with E-state index in [2.05, 4.69) is 4.98 Å². The van der Waals surface area contributed by atoms with Gasteiger partial charge in [-0.25, -0.2) is 17.1 Å². The monoisotopic (exact) mass is 433 g/mol. The highest BCUT2D eigenvalue weighted by molar-refractivity contribution is 7.88. The van der Waals surface area contributed by atoms with Crippen molar-refractivity contribution in [3.63, 3.8) is 0 Å². The number of halogens is 1. The van der Waals surface area contributed by atoms with Crippen molar-refractivity contribution in [3.05, 3.63) is 65.7 Å². The van der Waals surface area contributed by atoms with Crippen LogP contribution < -0.4 is 0 Å². The first-order valence-electron chi connectivity index (χ1n) is 9.88. The van der Waals surface area contributed by atoms with Crippen LogP contribution in [0, 0.1) is 5.82 Å². The molecule has 0 bridgehead atoms. The second kappa shape index (κ2) is 8.41. The number of β-lactam (4-membered cyclic amide) rings is 1. The van der Waals surface area contributed by atoms with Crippen molar-refractivity contribution in [1.29, 1.82) is 0 Å². The van der Waals surface area contributed by atoms with E-state index < -0.39 is 21.9 Å². The second-order valence-electron chi connectivity index (χ2n) is 7.61. The number of aromatic nitrogens is 1. The molecule has 1 amide bonds. The van der Waals surface area contributed by atoms with Gasteiger partial charge in [0.1, 0.15) is 5.82 Å². The van der Waals surface area contributed by atoms with E-state index in [1.54, 1.807) is 18.5 Å². The van der Waals surface area contributed by atoms with Crippen molar-refractivity contribution >= 4 is 15.9 Å². The largest absolute Gasteiger partial charge is 0.369 e. The van der Waals surface area contributed by atoms with Crippen molar-refractivity contribution < 1.29 is 22.3 Å². The maximum Gasteiger partial charge on any atom is 0.255 e. The topological polar surface area (TPSA) is 79.8 Å². The molecule has 0 saturated carbocycles. The summed E-state index contributed by atoms with van der Waals surface area (Å²) in [5.41, 5.74) is 1.12. The van der Waals surface area contributed by atoms with Gasteiger partial charge >= 0.3 is 0 Å². The second-order valence-corrected chi connectivity index (χ2v) is 9.57. The van der Waals surface area contributed by atoms with E-state index in [-0.39, 0.29) is 29.3 Å². The Morgan fingerprint density at radius 3 is 2.43 bits per heavy atom. The number of hydrogen-bond donors (Lipinski definition) is 0. The van der Waals surface area contributed by atoms with Crippen LogP contribution >= 0.6 is 0 Å². The molecule has 7 nitrogen and oxygen atoms in total. The number of benzene rings is 1. The Morgan fingerprint density at radius 1 is 1.13 bits per heavy atom. The maximum atomic E-state index is 13.9. The number of methoxy groups -OCH3 is 1. The summed E-state index contributed by atoms with van der Waals surface area (Å²) in [5.74, 6) is -0.960. The first-order valence-corrected chi connectivity index (χ1v) is 11.5. The summed E-state index contributed by atoms with van der Waals surface area (Å²) in [4.78, 5) is 18.5. The quantitative estimate of drug-likeness (QED) is 0.652. The van der Waals surface area contributed by atoms with Crippen LogP contribution in [0.25, 0.3) is 0 Å². The van der Waals surface area contributed by atoms with Gasteiger partial charge in [0.25, 0.3) is 5.91 Å². The summed E-state index contributed by atoms with van der Waals surface area (Å²) < 4.78 is 46.2. The molecule has 4 rings (SSSR count). The minimum atomic E-state index is -3.63. The number of piperidine rings is 1. The highest BCUT2D eigenvalue weighted by atomic mass is 32.2. The van der Waals surface area contributed by atoms with E-state index in [9.17, 15) is 17.6 Å². The van der Waals surface area contributed by atoms with Gasteiger partial charge in [-0.1, -0.05) is 18.2 Å². The Labute approximate surface area is 175 Å². The van der Waals surface area contributed by atoms with Crippen molar-refractivity contribution in [3.8, 4) is 0 Å². The van der Waals surface area contributed by atoms with Crippen LogP contribution in [0.5, 0.6) is 0 Å². The molecule has 0 N–H and O–H groups in total. The summed E-state index contributed by atoms with van der Waals surface area (Å²) in [6.45, 7) is 0.595. The standard InChI is InChI=1S/C21H24FN3O4S/c1-29-20-19(15-6-10-23-11-7-15)25(21(20)26)17-8-12-24(13-9-17)30(27,28)14-16-4-2-3-5-18(16)22/h2-7,10-11,17,19-20H,8-9,12-14H2,1H3/t19-,20+/m0/s1. The van der Waals surface area contributed by atoms with E-state index in [4.69, 9.17) is 4.74 Å². The number of likely N-dealkylation sites (tertiary alicyclic amines) is 1. The Kier molecular flexibility index (Phi) is 5.86. The Morgan fingerprint density at radius 2 is 1.80 bits per heavy atom. The zero-order valence-corrected chi connectivity index (χ0v) is 17.5. The first-order chi connectivity index (χ1) is 14.4. The molecule has 2 atom stereocenters. The molecule has 30 heavy (non-hydrogen) atoms. The molecule has 0 spiro atoms. The van der Waals surface area contributed by atoms with Crippen molar-refractivity contribution in [2.45, 2.75) is 36.8 Å². The number of carbonyl (C=O) groups excluding carboxylic acids is 1. The number of ether oxygens (including phenoxy) is 1. The lowest BCUT2D eigenvalue weighted by Crippen LogP contribution is -2.64. The van der Waals surface area contributed by atoms with Gasteiger partial charge in [0.05, 0.1) is 11.8 Å². The van der Waals surface area contributed by atoms with Gasteiger partial charge in [-0.3, -0.25) is 9.78 Å². The fourth-order valence-corrected chi connectivity index (χ4v) is 5.89. The van der Waals surface area contributed by atoms with Gasteiger partial charge < -0.3 is 9.64 Å². The molecule has 2 aromatic rings. The van der Waals surface area contributed by atoms with Gasteiger partial charge in [-0.2, -0.15) is 0 Å². The first kappa shape index (κ1) is 20.9. The van der Waals surface area contributed by atoms with Crippen LogP contribution in [0.1, 0.15) is 30.0 Å². The predicted octanol–water partition coefficient (Wildman–Crippen LogP) is 2.11. The lowest BCUT2D eigenvalue weighted by molar-refractivity contribution is -0.178. The smallest absolute Gasteiger partial charge is 0.255 e. The Hall–Kier alpha value is -2.36. The van der Waals surface area contributed by atoms with E-state index in [1.165, 1.54) is 29.6 Å². The molecular formula is C21H24FN3O4S. The normalized spacial score (nSPS) is 23.4. The number of hydrogen-bond acceptors (Lipinski definition) is 5. The van der Waals surface area contributed by atoms with Crippen molar-refractivity contribution in [2.75, 3.05) is 20.2 Å². The predicted molar refractivity (Wildman–Crippen MR) is 108 cm³/mol. The molecule has 0 aliphatic carbocycles. The Balaban J connectivity index is 1.44. The van der Waals surface area contributed by atoms with Gasteiger partial charge in [-0.05, 0) is 36.6 Å². The van der Waals surface area contributed by atoms with Gasteiger partial charge in [0.15, 0.2) is 6.10 Å². The van der Waals surface area contributed by atoms with Crippen molar-refractivity contribution in [2.24, 2.45) is 0 Å². The number of nitrogens with zero attached hydrogens (tertiary/aromatic N) is 3. The number of amides is 1. The highest BCUT2D eigenvalue weighted by Gasteiger charge is 2.52. The molecule has 0 radical (unpaired) electrons. The molecule has 2 aliphatic heterocycles. The molecule has 0 unspecified atom stereocenters. The molecule has 9 heteroatoms. The third-order valence-corrected chi connectivity index (χ3v) is 7.72. The minimum absolute atomic E-state index is 0.0676. The van der Waals surface area contributed by atoms with Crippen LogP contribution in [0.4, 0.5) is 4.39 Å². The zero-order chi connectivity index (χ0) is 21.3. The SMILES string of the molecule is CO[C@H]1C(=O)N(C2CCN(S(=O)(=O)Cc3ccccc3F)CC2)[C@H]1c1ccncc1. The summed E-state index contributed by atoms with van der Waals surface area (Å²) >= 11 is 0. The lowest BCUT2D eigenvalue weighted by Gasteiger charge is -2.52. The molecule has 3 heterocycles. The highest BCUT2D eigenvalue weighted by Crippen LogP contribution is 2.40. The molecule has 2 aliphatic rings. The van der Waals surface area contributed by atoms with Gasteiger partial charge in [0, 0.05) is 44.2 Å². The average Bonchev–Trinajstić information content (AvgIpc) is 2.75. The zero-order valence-electron chi connectivity index (χ0n) is 16.6. The van der Waals surface area contributed by atoms with Crippen LogP contribution in [0.15, 0.2) is 48.8 Å². The van der Waals surface area contributed by atoms with E-state index >= 15 is 0 Å². The molecule has 2 saturated heterocycles. The molecular weight excluding hydrogens is 409 g/mol. The summed E-state index contributed by atoms with van der Waals surface area (Å²) in [5, 5.41) is 0. The summed E-state index contributed by atoms with van der Waals surface area (Å²) in [7, 11) is -2.11. The van der Waals surface area contributed by atoms with Crippen LogP contribution in [-0.4, -0.2) is 60.9 Å². The van der Waals surface area contributed by atoms with E-state index in [0.29, 0.717) is 25.9 Å². The van der Waals surface area contributed by atoms with Crippen molar-refractivity contribution in [1.82, 2.24) is 14.2 Å². The number of sulfonamides is 1. The fourth-order valence-electron chi connectivity index (χ4n) is 4.32. The summed E-state index contributed by atoms with van der Waals surface area (Å²) in [6, 6.07) is 9.38. The Bertz CT molecular complexity index is 1010. The van der Waals surface area contributed by atoms with Crippen LogP contribution in [-0.2, 0) is 25.3 Å². The van der Waals surface area contributed by atoms with Crippen LogP contribution in [0.2, 0.25) is 0 Å². The number of carbonyl (C=O) groups is 1. The molecule has 1 aromatic heterocycles.